The summed E-state index contributed by atoms with van der Waals surface area (Å²) in [5.41, 5.74) is 2.24. The Balaban J connectivity index is 0. The van der Waals surface area contributed by atoms with Crippen molar-refractivity contribution in [2.24, 2.45) is 0 Å². The molecule has 0 aliphatic rings. The molecule has 0 atom stereocenters. The van der Waals surface area contributed by atoms with Gasteiger partial charge in [-0.15, -0.1) is 0 Å². The van der Waals surface area contributed by atoms with Gasteiger partial charge in [0.2, 0.25) is 5.82 Å². The molecule has 0 unspecified atom stereocenters. The van der Waals surface area contributed by atoms with Gasteiger partial charge in [0.15, 0.2) is 0 Å². The standard InChI is InChI=1S/C14H17N2O2.CH2O2.CH3.Cs/c1-3-5-11-6-8-12(9-7-11)14-15-13(18-16-14)10-17-4-2;2-1-3;;/h3,6-9H,4-5,10H2,1-2H3;1H,(H,2,3);1H3;/q-1;;-1;+1. The molecule has 0 bridgehead atoms. The van der Waals surface area contributed by atoms with Gasteiger partial charge < -0.3 is 28.2 Å². The molecule has 0 radical (unpaired) electrons. The Hall–Kier alpha value is -0.158. The van der Waals surface area contributed by atoms with Gasteiger partial charge in [0, 0.05) is 12.2 Å². The third-order valence-corrected chi connectivity index (χ3v) is 2.55. The van der Waals surface area contributed by atoms with Crippen LogP contribution in [0.1, 0.15) is 25.3 Å². The molecule has 1 aromatic carbocycles. The normalized spacial score (nSPS) is 8.96. The monoisotopic (exact) mass is 439 g/mol. The van der Waals surface area contributed by atoms with E-state index in [4.69, 9.17) is 19.2 Å². The maximum atomic E-state index is 8.36. The number of ether oxygens (including phenoxy) is 1. The number of carbonyl (C=O) groups is 1. The third-order valence-electron chi connectivity index (χ3n) is 2.55. The van der Waals surface area contributed by atoms with Crippen molar-refractivity contribution >= 4 is 6.47 Å². The quantitative estimate of drug-likeness (QED) is 0.511. The first kappa shape index (κ1) is 25.1. The van der Waals surface area contributed by atoms with Crippen LogP contribution in [0.15, 0.2) is 28.8 Å². The fraction of sp³-hybridized carbons (Fsp3) is 0.312. The number of rotatable bonds is 6. The van der Waals surface area contributed by atoms with Crippen LogP contribution in [0.3, 0.4) is 0 Å². The van der Waals surface area contributed by atoms with Gasteiger partial charge in [-0.1, -0.05) is 35.0 Å². The Bertz CT molecular complexity index is 529. The summed E-state index contributed by atoms with van der Waals surface area (Å²) < 4.78 is 10.3. The smallest absolute Gasteiger partial charge is 0.483 e. The second-order valence-corrected chi connectivity index (χ2v) is 4.06. The number of hydrogen-bond donors (Lipinski definition) is 1. The number of benzene rings is 1. The van der Waals surface area contributed by atoms with Crippen LogP contribution in [0, 0.1) is 13.8 Å². The SMILES string of the molecule is C[CH-]Cc1ccc(-c2noc(COCC)n2)cc1.O=CO.[CH3-].[Cs+]. The third kappa shape index (κ3) is 9.66. The van der Waals surface area contributed by atoms with E-state index in [-0.39, 0.29) is 82.8 Å². The largest absolute Gasteiger partial charge is 1.00 e. The van der Waals surface area contributed by atoms with Gasteiger partial charge in [0.1, 0.15) is 6.61 Å². The van der Waals surface area contributed by atoms with Crippen molar-refractivity contribution < 1.29 is 88.1 Å². The number of carboxylic acid groups (broad SMARTS) is 1. The zero-order valence-electron chi connectivity index (χ0n) is 14.2. The molecular weight excluding hydrogens is 417 g/mol. The van der Waals surface area contributed by atoms with Gasteiger partial charge in [0.05, 0.1) is 0 Å². The second-order valence-electron chi connectivity index (χ2n) is 4.06. The Morgan fingerprint density at radius 3 is 2.48 bits per heavy atom. The first-order valence-electron chi connectivity index (χ1n) is 6.60. The van der Waals surface area contributed by atoms with E-state index < -0.39 is 0 Å². The Morgan fingerprint density at radius 2 is 1.96 bits per heavy atom. The minimum Gasteiger partial charge on any atom is -0.483 e. The van der Waals surface area contributed by atoms with Crippen LogP contribution in [-0.4, -0.2) is 28.3 Å². The summed E-state index contributed by atoms with van der Waals surface area (Å²) in [6.45, 7) is 4.74. The summed E-state index contributed by atoms with van der Waals surface area (Å²) in [5.74, 6) is 1.12. The second kappa shape index (κ2) is 15.4. The summed E-state index contributed by atoms with van der Waals surface area (Å²) in [5, 5.41) is 10.8. The molecule has 122 valence electrons. The maximum absolute atomic E-state index is 8.36. The van der Waals surface area contributed by atoms with Gasteiger partial charge >= 0.3 is 68.9 Å². The van der Waals surface area contributed by atoms with Crippen molar-refractivity contribution in [3.8, 4) is 11.4 Å². The molecule has 0 aliphatic heterocycles. The zero-order valence-corrected chi connectivity index (χ0v) is 20.4. The topological polar surface area (TPSA) is 85.5 Å². The summed E-state index contributed by atoms with van der Waals surface area (Å²) in [7, 11) is 0. The minimum atomic E-state index is -0.250. The molecule has 2 aromatic rings. The Morgan fingerprint density at radius 1 is 1.35 bits per heavy atom. The van der Waals surface area contributed by atoms with Crippen LogP contribution in [0.5, 0.6) is 0 Å². The molecular formula is C16H22CsN2O4-. The Labute approximate surface area is 196 Å². The molecule has 6 nitrogen and oxygen atoms in total. The van der Waals surface area contributed by atoms with Crippen molar-refractivity contribution in [3.05, 3.63) is 49.6 Å². The first-order valence-corrected chi connectivity index (χ1v) is 6.60. The molecule has 2 rings (SSSR count). The fourth-order valence-corrected chi connectivity index (χ4v) is 1.65. The van der Waals surface area contributed by atoms with Crippen LogP contribution in [0.2, 0.25) is 0 Å². The molecule has 0 amide bonds. The minimum absolute atomic E-state index is 0. The molecule has 0 fully saturated rings. The molecule has 1 aromatic heterocycles. The molecule has 1 N–H and O–H groups in total. The Kier molecular flexibility index (Phi) is 16.8. The predicted molar refractivity (Wildman–Crippen MR) is 83.8 cm³/mol. The zero-order chi connectivity index (χ0) is 15.5. The predicted octanol–water partition coefficient (Wildman–Crippen LogP) is 0.195. The van der Waals surface area contributed by atoms with Gasteiger partial charge in [-0.2, -0.15) is 18.3 Å². The van der Waals surface area contributed by atoms with Crippen molar-refractivity contribution in [1.29, 1.82) is 0 Å². The number of aromatic nitrogens is 2. The maximum Gasteiger partial charge on any atom is 1.00 e. The average Bonchev–Trinajstić information content (AvgIpc) is 2.96. The van der Waals surface area contributed by atoms with Crippen molar-refractivity contribution in [2.75, 3.05) is 6.61 Å². The molecule has 7 heteroatoms. The van der Waals surface area contributed by atoms with E-state index >= 15 is 0 Å². The van der Waals surface area contributed by atoms with Crippen molar-refractivity contribution in [2.45, 2.75) is 26.9 Å². The average molecular weight is 439 g/mol. The first-order chi connectivity index (χ1) is 10.2. The van der Waals surface area contributed by atoms with Crippen molar-refractivity contribution in [3.63, 3.8) is 0 Å². The van der Waals surface area contributed by atoms with Crippen molar-refractivity contribution in [1.82, 2.24) is 10.1 Å². The van der Waals surface area contributed by atoms with Crippen LogP contribution >= 0.6 is 0 Å². The summed E-state index contributed by atoms with van der Waals surface area (Å²) in [4.78, 5) is 12.6. The van der Waals surface area contributed by atoms with E-state index in [1.54, 1.807) is 0 Å². The number of hydrogen-bond acceptors (Lipinski definition) is 5. The number of nitrogens with zero attached hydrogens (tertiary/aromatic N) is 2. The molecule has 23 heavy (non-hydrogen) atoms. The van der Waals surface area contributed by atoms with Crippen LogP contribution in [0.25, 0.3) is 11.4 Å². The molecule has 0 aliphatic carbocycles. The molecule has 1 heterocycles. The fourth-order valence-electron chi connectivity index (χ4n) is 1.65. The van der Waals surface area contributed by atoms with E-state index in [1.807, 2.05) is 26.0 Å². The molecule has 0 saturated heterocycles. The van der Waals surface area contributed by atoms with Crippen LogP contribution in [-0.2, 0) is 22.6 Å². The van der Waals surface area contributed by atoms with E-state index in [0.29, 0.717) is 24.9 Å². The molecule has 0 saturated carbocycles. The van der Waals surface area contributed by atoms with E-state index in [0.717, 1.165) is 12.0 Å². The molecule has 0 spiro atoms. The van der Waals surface area contributed by atoms with Gasteiger partial charge in [0.25, 0.3) is 12.4 Å². The van der Waals surface area contributed by atoms with Gasteiger partial charge in [-0.05, 0) is 6.92 Å². The summed E-state index contributed by atoms with van der Waals surface area (Å²) in [6, 6.07) is 8.17. The van der Waals surface area contributed by atoms with E-state index in [2.05, 4.69) is 28.7 Å². The summed E-state index contributed by atoms with van der Waals surface area (Å²) in [6.07, 6.45) is 3.10. The van der Waals surface area contributed by atoms with Crippen LogP contribution in [0.4, 0.5) is 0 Å². The van der Waals surface area contributed by atoms with Gasteiger partial charge in [-0.25, -0.2) is 0 Å². The van der Waals surface area contributed by atoms with Gasteiger partial charge in [-0.3, -0.25) is 4.79 Å². The van der Waals surface area contributed by atoms with Crippen LogP contribution < -0.4 is 68.9 Å². The van der Waals surface area contributed by atoms with E-state index in [1.165, 1.54) is 5.56 Å². The van der Waals surface area contributed by atoms with E-state index in [9.17, 15) is 0 Å². The summed E-state index contributed by atoms with van der Waals surface area (Å²) >= 11 is 0.